The summed E-state index contributed by atoms with van der Waals surface area (Å²) >= 11 is -3.55. The van der Waals surface area contributed by atoms with Gasteiger partial charge >= 0.3 is 14.8 Å². The molecule has 0 radical (unpaired) electrons. The van der Waals surface area contributed by atoms with Crippen molar-refractivity contribution in [2.24, 2.45) is 0 Å². The summed E-state index contributed by atoms with van der Waals surface area (Å²) in [5, 5.41) is 25.1. The minimum atomic E-state index is -3.55. The third-order valence-corrected chi connectivity index (χ3v) is 5.72. The van der Waals surface area contributed by atoms with Crippen LogP contribution in [0.3, 0.4) is 0 Å². The van der Waals surface area contributed by atoms with Crippen molar-refractivity contribution in [1.82, 2.24) is 5.32 Å². The fourth-order valence-corrected chi connectivity index (χ4v) is 4.55. The molecule has 0 saturated heterocycles. The molecule has 0 aromatic heterocycles. The smallest absolute Gasteiger partial charge is 0.439 e. The van der Waals surface area contributed by atoms with Gasteiger partial charge in [0.25, 0.3) is 0 Å². The first kappa shape index (κ1) is 18.2. The molecule has 1 aliphatic rings. The number of phenols is 2. The van der Waals surface area contributed by atoms with Gasteiger partial charge in [0.15, 0.2) is 11.5 Å². The van der Waals surface area contributed by atoms with Crippen LogP contribution in [-0.2, 0) is 22.4 Å². The van der Waals surface area contributed by atoms with E-state index in [0.717, 1.165) is 21.9 Å². The first-order valence-electron chi connectivity index (χ1n) is 8.50. The van der Waals surface area contributed by atoms with Gasteiger partial charge in [0, 0.05) is 22.4 Å². The number of nitrogens with one attached hydrogen (secondary N) is 1. The quantitative estimate of drug-likeness (QED) is 0.529. The average molecular weight is 432 g/mol. The van der Waals surface area contributed by atoms with Crippen molar-refractivity contribution in [3.05, 3.63) is 71.3 Å². The van der Waals surface area contributed by atoms with Crippen LogP contribution in [0.4, 0.5) is 0 Å². The number of hydrogen-bond donors (Lipinski definition) is 3. The Kier molecular flexibility index (Phi) is 4.79. The molecule has 0 saturated carbocycles. The van der Waals surface area contributed by atoms with Crippen LogP contribution in [0.2, 0.25) is 0 Å². The molecule has 4 rings (SSSR count). The highest BCUT2D eigenvalue weighted by Gasteiger charge is 2.47. The topological polar surface area (TPSA) is 108 Å². The Labute approximate surface area is 161 Å². The Bertz CT molecular complexity index is 993. The molecular weight excluding hydrogens is 414 g/mol. The number of fused-ring (bicyclic) bond motifs is 2. The van der Waals surface area contributed by atoms with E-state index in [9.17, 15) is 18.6 Å². The Morgan fingerprint density at radius 1 is 1.00 bits per heavy atom. The molecule has 0 bridgehead atoms. The standard InChI is InChI=1S/C20H18BrNO5/c23-18-10-16-7-8-22-20(27-21(25)26,17(16)11-19(18)24)12-13-5-6-14-3-1-2-4-15(14)9-13/h1-6,9-11,22-24H,7-8,12H2/t20-/m0/s1. The van der Waals surface area contributed by atoms with Crippen LogP contribution < -0.4 is 13.7 Å². The number of hydrogen-bond acceptors (Lipinski definition) is 6. The summed E-state index contributed by atoms with van der Waals surface area (Å²) in [4.78, 5) is 0. The summed E-state index contributed by atoms with van der Waals surface area (Å²) in [5.41, 5.74) is 0.839. The summed E-state index contributed by atoms with van der Waals surface area (Å²) in [6, 6.07) is 16.7. The van der Waals surface area contributed by atoms with Gasteiger partial charge in [0.1, 0.15) is 0 Å². The van der Waals surface area contributed by atoms with Gasteiger partial charge in [-0.1, -0.05) is 42.5 Å². The minimum Gasteiger partial charge on any atom is -0.504 e. The monoisotopic (exact) mass is 431 g/mol. The zero-order valence-electron chi connectivity index (χ0n) is 14.3. The summed E-state index contributed by atoms with van der Waals surface area (Å²) in [6.07, 6.45) is 0.848. The van der Waals surface area contributed by atoms with E-state index in [-0.39, 0.29) is 17.9 Å². The third-order valence-electron chi connectivity index (χ3n) is 4.90. The predicted molar refractivity (Wildman–Crippen MR) is 91.9 cm³/mol. The fourth-order valence-electron chi connectivity index (χ4n) is 3.69. The zero-order chi connectivity index (χ0) is 19.0. The van der Waals surface area contributed by atoms with E-state index in [2.05, 4.69) is 5.32 Å². The van der Waals surface area contributed by atoms with E-state index in [1.807, 2.05) is 42.5 Å². The van der Waals surface area contributed by atoms with Crippen LogP contribution in [0.5, 0.6) is 11.5 Å². The lowest BCUT2D eigenvalue weighted by molar-refractivity contribution is -1.63. The molecule has 6 nitrogen and oxygen atoms in total. The second-order valence-corrected chi connectivity index (χ2v) is 7.74. The Hall–Kier alpha value is -2.16. The molecule has 0 fully saturated rings. The number of halogens is 1. The molecule has 27 heavy (non-hydrogen) atoms. The highest BCUT2D eigenvalue weighted by atomic mass is 80.0. The first-order valence-corrected chi connectivity index (χ1v) is 10.4. The molecular formula is C20H18BrNO5. The van der Waals surface area contributed by atoms with Crippen molar-refractivity contribution in [2.45, 2.75) is 18.6 Å². The third kappa shape index (κ3) is 3.52. The van der Waals surface area contributed by atoms with Crippen molar-refractivity contribution in [2.75, 3.05) is 6.54 Å². The van der Waals surface area contributed by atoms with E-state index in [1.165, 1.54) is 12.1 Å². The van der Waals surface area contributed by atoms with Crippen LogP contribution in [-0.4, -0.2) is 16.8 Å². The highest BCUT2D eigenvalue weighted by molar-refractivity contribution is 5.83. The molecule has 3 aromatic carbocycles. The maximum atomic E-state index is 11.5. The van der Waals surface area contributed by atoms with E-state index in [4.69, 9.17) is 3.83 Å². The van der Waals surface area contributed by atoms with Crippen molar-refractivity contribution in [1.29, 1.82) is 0 Å². The van der Waals surface area contributed by atoms with Crippen molar-refractivity contribution < 1.29 is 37.3 Å². The van der Waals surface area contributed by atoms with Crippen LogP contribution in [0, 0.1) is 14.8 Å². The lowest BCUT2D eigenvalue weighted by Crippen LogP contribution is -2.55. The van der Waals surface area contributed by atoms with Crippen molar-refractivity contribution in [3.63, 3.8) is 0 Å². The summed E-state index contributed by atoms with van der Waals surface area (Å²) < 4.78 is 28.5. The second kappa shape index (κ2) is 7.10. The largest absolute Gasteiger partial charge is 0.504 e. The van der Waals surface area contributed by atoms with E-state index in [0.29, 0.717) is 18.5 Å². The molecule has 0 aliphatic carbocycles. The highest BCUT2D eigenvalue weighted by Crippen LogP contribution is 2.39. The molecule has 7 heteroatoms. The lowest BCUT2D eigenvalue weighted by Gasteiger charge is -2.34. The fraction of sp³-hybridized carbons (Fsp3) is 0.200. The first-order chi connectivity index (χ1) is 13.0. The number of aromatic hydroxyl groups is 2. The second-order valence-electron chi connectivity index (χ2n) is 6.63. The number of phenolic OH excluding ortho intramolecular Hbond substituents is 2. The summed E-state index contributed by atoms with van der Waals surface area (Å²) in [6.45, 7) is 0.486. The molecule has 140 valence electrons. The molecule has 0 amide bonds. The molecule has 1 aliphatic heterocycles. The maximum Gasteiger partial charge on any atom is 0.439 e. The van der Waals surface area contributed by atoms with Gasteiger partial charge in [0.05, 0.1) is 0 Å². The molecule has 0 spiro atoms. The number of rotatable bonds is 4. The van der Waals surface area contributed by atoms with Gasteiger partial charge in [-0.2, -0.15) is 0 Å². The van der Waals surface area contributed by atoms with Crippen molar-refractivity contribution >= 4 is 10.8 Å². The summed E-state index contributed by atoms with van der Waals surface area (Å²) in [7, 11) is 0. The molecule has 1 heterocycles. The molecule has 0 unspecified atom stereocenters. The van der Waals surface area contributed by atoms with Crippen LogP contribution in [0.1, 0.15) is 16.7 Å². The Morgan fingerprint density at radius 2 is 1.74 bits per heavy atom. The predicted octanol–water partition coefficient (Wildman–Crippen LogP) is 0.895. The van der Waals surface area contributed by atoms with E-state index in [1.54, 1.807) is 0 Å². The number of benzene rings is 3. The molecule has 3 aromatic rings. The maximum absolute atomic E-state index is 11.5. The van der Waals surface area contributed by atoms with Crippen LogP contribution in [0.25, 0.3) is 10.8 Å². The van der Waals surface area contributed by atoms with Gasteiger partial charge in [-0.25, -0.2) is 0 Å². The van der Waals surface area contributed by atoms with Crippen molar-refractivity contribution in [3.8, 4) is 11.5 Å². The van der Waals surface area contributed by atoms with E-state index >= 15 is 0 Å². The Morgan fingerprint density at radius 3 is 2.52 bits per heavy atom. The van der Waals surface area contributed by atoms with Gasteiger partial charge in [-0.3, -0.25) is 5.32 Å². The van der Waals surface area contributed by atoms with Gasteiger partial charge < -0.3 is 18.6 Å². The zero-order valence-corrected chi connectivity index (χ0v) is 15.9. The van der Waals surface area contributed by atoms with Gasteiger partial charge in [-0.15, -0.1) is 0 Å². The normalized spacial score (nSPS) is 19.4. The molecule has 1 atom stereocenters. The van der Waals surface area contributed by atoms with Crippen LogP contribution in [0.15, 0.2) is 54.6 Å². The minimum absolute atomic E-state index is 0.231. The average Bonchev–Trinajstić information content (AvgIpc) is 2.63. The molecule has 3 N–H and O–H groups in total. The van der Waals surface area contributed by atoms with Gasteiger partial charge in [0.2, 0.25) is 5.72 Å². The van der Waals surface area contributed by atoms with E-state index < -0.39 is 20.5 Å². The van der Waals surface area contributed by atoms with Gasteiger partial charge in [-0.05, 0) is 40.5 Å². The Balaban J connectivity index is 1.81. The van der Waals surface area contributed by atoms with Crippen LogP contribution >= 0.6 is 0 Å². The lowest BCUT2D eigenvalue weighted by atomic mass is 9.86. The SMILES string of the molecule is [O-][Br+2]([O-])O[C@]1(Cc2ccc3ccccc3c2)NCCc2cc(O)c(O)cc21. The summed E-state index contributed by atoms with van der Waals surface area (Å²) in [5.74, 6) is -0.542.